The molecule has 0 spiro atoms. The van der Waals surface area contributed by atoms with Crippen molar-refractivity contribution >= 4 is 38.8 Å². The lowest BCUT2D eigenvalue weighted by molar-refractivity contribution is 0.160. The van der Waals surface area contributed by atoms with Crippen molar-refractivity contribution in [3.63, 3.8) is 0 Å². The van der Waals surface area contributed by atoms with Crippen molar-refractivity contribution in [3.8, 4) is 0 Å². The van der Waals surface area contributed by atoms with Gasteiger partial charge in [-0.05, 0) is 66.9 Å². The van der Waals surface area contributed by atoms with E-state index in [1.807, 2.05) is 18.2 Å². The maximum absolute atomic E-state index is 5.63. The number of hydrogen-bond donors (Lipinski definition) is 2. The number of nitrogens with one attached hydrogen (secondary N) is 1. The highest BCUT2D eigenvalue weighted by Gasteiger charge is 2.17. The highest BCUT2D eigenvalue weighted by molar-refractivity contribution is 9.10. The van der Waals surface area contributed by atoms with Gasteiger partial charge in [0.25, 0.3) is 0 Å². The Balaban J connectivity index is 1.77. The highest BCUT2D eigenvalue weighted by Crippen LogP contribution is 2.24. The lowest BCUT2D eigenvalue weighted by Crippen LogP contribution is -2.38. The number of benzene rings is 1. The summed E-state index contributed by atoms with van der Waals surface area (Å²) < 4.78 is 1.01. The van der Waals surface area contributed by atoms with Gasteiger partial charge in [0.2, 0.25) is 0 Å². The van der Waals surface area contributed by atoms with Gasteiger partial charge in [0.15, 0.2) is 0 Å². The molecule has 2 rings (SSSR count). The first-order valence-corrected chi connectivity index (χ1v) is 8.85. The highest BCUT2D eigenvalue weighted by atomic mass is 79.9. The summed E-state index contributed by atoms with van der Waals surface area (Å²) in [6, 6.07) is 6.71. The SMILES string of the molecule is CC1CCCCN1CCCNc1ccc(C(N)=S)cc1Br. The van der Waals surface area contributed by atoms with Crippen molar-refractivity contribution in [2.45, 2.75) is 38.6 Å². The molecular weight excluding hydrogens is 346 g/mol. The average molecular weight is 370 g/mol. The summed E-state index contributed by atoms with van der Waals surface area (Å²) in [5.41, 5.74) is 7.63. The molecule has 116 valence electrons. The predicted octanol–water partition coefficient (Wildman–Crippen LogP) is 3.76. The topological polar surface area (TPSA) is 41.3 Å². The number of hydrogen-bond acceptors (Lipinski definition) is 3. The first-order valence-electron chi connectivity index (χ1n) is 7.65. The van der Waals surface area contributed by atoms with Gasteiger partial charge >= 0.3 is 0 Å². The summed E-state index contributed by atoms with van der Waals surface area (Å²) in [5.74, 6) is 0. The molecule has 1 aliphatic heterocycles. The molecular formula is C16H24BrN3S. The Morgan fingerprint density at radius 3 is 2.95 bits per heavy atom. The Labute approximate surface area is 141 Å². The van der Waals surface area contributed by atoms with E-state index in [-0.39, 0.29) is 0 Å². The Hall–Kier alpha value is -0.650. The van der Waals surface area contributed by atoms with Gasteiger partial charge in [-0.1, -0.05) is 18.6 Å². The van der Waals surface area contributed by atoms with Gasteiger partial charge in [0.1, 0.15) is 4.99 Å². The van der Waals surface area contributed by atoms with Crippen LogP contribution >= 0.6 is 28.1 Å². The minimum Gasteiger partial charge on any atom is -0.389 e. The zero-order chi connectivity index (χ0) is 15.2. The first kappa shape index (κ1) is 16.7. The predicted molar refractivity (Wildman–Crippen MR) is 98.0 cm³/mol. The number of nitrogens with zero attached hydrogens (tertiary/aromatic N) is 1. The van der Waals surface area contributed by atoms with E-state index in [0.717, 1.165) is 34.7 Å². The number of anilines is 1. The third-order valence-electron chi connectivity index (χ3n) is 4.13. The van der Waals surface area contributed by atoms with E-state index < -0.39 is 0 Å². The van der Waals surface area contributed by atoms with Gasteiger partial charge in [-0.25, -0.2) is 0 Å². The van der Waals surface area contributed by atoms with Gasteiger partial charge < -0.3 is 16.0 Å². The minimum absolute atomic E-state index is 0.432. The number of likely N-dealkylation sites (tertiary alicyclic amines) is 1. The first-order chi connectivity index (χ1) is 10.1. The molecule has 0 saturated carbocycles. The van der Waals surface area contributed by atoms with E-state index in [0.29, 0.717) is 4.99 Å². The molecule has 0 amide bonds. The molecule has 1 aromatic rings. The van der Waals surface area contributed by atoms with E-state index in [4.69, 9.17) is 18.0 Å². The van der Waals surface area contributed by atoms with Gasteiger partial charge in [-0.15, -0.1) is 0 Å². The number of halogens is 1. The smallest absolute Gasteiger partial charge is 0.104 e. The van der Waals surface area contributed by atoms with Crippen LogP contribution in [0.5, 0.6) is 0 Å². The van der Waals surface area contributed by atoms with Gasteiger partial charge in [-0.3, -0.25) is 0 Å². The molecule has 0 radical (unpaired) electrons. The molecule has 21 heavy (non-hydrogen) atoms. The van der Waals surface area contributed by atoms with Crippen LogP contribution in [0.2, 0.25) is 0 Å². The summed E-state index contributed by atoms with van der Waals surface area (Å²) in [7, 11) is 0. The Morgan fingerprint density at radius 1 is 1.48 bits per heavy atom. The number of rotatable bonds is 6. The second kappa shape index (κ2) is 8.11. The molecule has 1 saturated heterocycles. The second-order valence-electron chi connectivity index (χ2n) is 5.72. The van der Waals surface area contributed by atoms with Crippen molar-refractivity contribution < 1.29 is 0 Å². The Kier molecular flexibility index (Phi) is 6.45. The van der Waals surface area contributed by atoms with E-state index in [2.05, 4.69) is 33.1 Å². The van der Waals surface area contributed by atoms with Gasteiger partial charge in [-0.2, -0.15) is 0 Å². The van der Waals surface area contributed by atoms with Gasteiger partial charge in [0, 0.05) is 34.9 Å². The van der Waals surface area contributed by atoms with Crippen molar-refractivity contribution in [1.82, 2.24) is 4.90 Å². The van der Waals surface area contributed by atoms with Crippen LogP contribution in [0.15, 0.2) is 22.7 Å². The molecule has 3 nitrogen and oxygen atoms in total. The molecule has 1 atom stereocenters. The zero-order valence-corrected chi connectivity index (χ0v) is 15.0. The van der Waals surface area contributed by atoms with Crippen molar-refractivity contribution in [2.75, 3.05) is 25.0 Å². The minimum atomic E-state index is 0.432. The van der Waals surface area contributed by atoms with Crippen LogP contribution in [-0.2, 0) is 0 Å². The number of thiocarbonyl (C=S) groups is 1. The largest absolute Gasteiger partial charge is 0.389 e. The molecule has 1 aliphatic rings. The summed E-state index contributed by atoms with van der Waals surface area (Å²) >= 11 is 8.55. The van der Waals surface area contributed by atoms with Crippen molar-refractivity contribution in [3.05, 3.63) is 28.2 Å². The summed E-state index contributed by atoms with van der Waals surface area (Å²) in [6.45, 7) is 5.76. The molecule has 1 unspecified atom stereocenters. The Morgan fingerprint density at radius 2 is 2.29 bits per heavy atom. The number of nitrogens with two attached hydrogens (primary N) is 1. The van der Waals surface area contributed by atoms with E-state index >= 15 is 0 Å². The lowest BCUT2D eigenvalue weighted by atomic mass is 10.0. The van der Waals surface area contributed by atoms with Crippen LogP contribution in [0, 0.1) is 0 Å². The molecule has 0 aromatic heterocycles. The van der Waals surface area contributed by atoms with Crippen LogP contribution in [-0.4, -0.2) is 35.6 Å². The quantitative estimate of drug-likeness (QED) is 0.591. The monoisotopic (exact) mass is 369 g/mol. The molecule has 5 heteroatoms. The maximum Gasteiger partial charge on any atom is 0.104 e. The fraction of sp³-hybridized carbons (Fsp3) is 0.562. The van der Waals surface area contributed by atoms with E-state index in [1.165, 1.54) is 32.4 Å². The van der Waals surface area contributed by atoms with Crippen molar-refractivity contribution in [1.29, 1.82) is 0 Å². The summed E-state index contributed by atoms with van der Waals surface area (Å²) in [5, 5.41) is 3.48. The molecule has 0 aliphatic carbocycles. The molecule has 3 N–H and O–H groups in total. The van der Waals surface area contributed by atoms with Crippen LogP contribution in [0.25, 0.3) is 0 Å². The number of piperidine rings is 1. The van der Waals surface area contributed by atoms with Crippen LogP contribution in [0.3, 0.4) is 0 Å². The second-order valence-corrected chi connectivity index (χ2v) is 7.01. The third kappa shape index (κ3) is 4.94. The maximum atomic E-state index is 5.63. The standard InChI is InChI=1S/C16H24BrN3S/c1-12-5-2-3-9-20(12)10-4-8-19-15-7-6-13(16(18)21)11-14(15)17/h6-7,11-12,19H,2-5,8-10H2,1H3,(H2,18,21). The zero-order valence-electron chi connectivity index (χ0n) is 12.6. The fourth-order valence-corrected chi connectivity index (χ4v) is 3.45. The van der Waals surface area contributed by atoms with Crippen LogP contribution in [0.1, 0.15) is 38.2 Å². The fourth-order valence-electron chi connectivity index (χ4n) is 2.81. The summed E-state index contributed by atoms with van der Waals surface area (Å²) in [4.78, 5) is 3.04. The molecule has 1 aromatic carbocycles. The third-order valence-corrected chi connectivity index (χ3v) is 5.02. The normalized spacial score (nSPS) is 19.4. The van der Waals surface area contributed by atoms with Crippen LogP contribution < -0.4 is 11.1 Å². The van der Waals surface area contributed by atoms with Crippen molar-refractivity contribution in [2.24, 2.45) is 5.73 Å². The van der Waals surface area contributed by atoms with Gasteiger partial charge in [0.05, 0.1) is 0 Å². The van der Waals surface area contributed by atoms with E-state index in [9.17, 15) is 0 Å². The van der Waals surface area contributed by atoms with E-state index in [1.54, 1.807) is 0 Å². The molecule has 0 bridgehead atoms. The lowest BCUT2D eigenvalue weighted by Gasteiger charge is -2.33. The molecule has 1 fully saturated rings. The summed E-state index contributed by atoms with van der Waals surface area (Å²) in [6.07, 6.45) is 5.25. The average Bonchev–Trinajstić information content (AvgIpc) is 2.46. The Bertz CT molecular complexity index is 492. The van der Waals surface area contributed by atoms with Crippen LogP contribution in [0.4, 0.5) is 5.69 Å². The molecule has 1 heterocycles.